The lowest BCUT2D eigenvalue weighted by molar-refractivity contribution is 0.000658. The normalized spacial score (nSPS) is 13.7. The van der Waals surface area contributed by atoms with Gasteiger partial charge in [0.2, 0.25) is 0 Å². The van der Waals surface area contributed by atoms with E-state index >= 15 is 0 Å². The minimum Gasteiger partial charge on any atom is -0.443 e. The molecule has 2 amide bonds. The Bertz CT molecular complexity index is 299. The molecule has 0 aromatic heterocycles. The number of carbonyl (C=O) groups excluding carboxylic acids is 2. The molecule has 0 saturated heterocycles. The topological polar surface area (TPSA) is 81.9 Å². The largest absolute Gasteiger partial charge is 0.443 e. The molecular formula is C13H26N2O4. The van der Waals surface area contributed by atoms with Crippen molar-refractivity contribution >= 4 is 12.2 Å². The average Bonchev–Trinajstić information content (AvgIpc) is 2.07. The summed E-state index contributed by atoms with van der Waals surface area (Å²) in [6.07, 6.45) is -1.50. The molecule has 1 unspecified atom stereocenters. The van der Waals surface area contributed by atoms with Crippen molar-refractivity contribution in [1.82, 2.24) is 4.90 Å². The molecule has 0 heterocycles. The van der Waals surface area contributed by atoms with Crippen molar-refractivity contribution in [3.8, 4) is 0 Å². The molecule has 19 heavy (non-hydrogen) atoms. The van der Waals surface area contributed by atoms with Crippen LogP contribution in [-0.2, 0) is 9.47 Å². The molecule has 1 atom stereocenters. The second-order valence-electron chi connectivity index (χ2n) is 6.55. The molecule has 0 radical (unpaired) electrons. The van der Waals surface area contributed by atoms with E-state index in [1.54, 1.807) is 48.5 Å². The van der Waals surface area contributed by atoms with Crippen LogP contribution in [0, 0.1) is 0 Å². The number of hydrogen-bond acceptors (Lipinski definition) is 5. The van der Waals surface area contributed by atoms with Gasteiger partial charge in [0.05, 0.1) is 6.54 Å². The fraction of sp³-hybridized carbons (Fsp3) is 0.846. The minimum absolute atomic E-state index is 0.0455. The fourth-order valence-corrected chi connectivity index (χ4v) is 1.15. The minimum atomic E-state index is -0.751. The zero-order valence-electron chi connectivity index (χ0n) is 12.9. The Hall–Kier alpha value is -1.30. The Balaban J connectivity index is 4.90. The Kier molecular flexibility index (Phi) is 5.81. The molecule has 6 heteroatoms. The molecule has 0 aromatic carbocycles. The second-order valence-corrected chi connectivity index (χ2v) is 6.55. The molecule has 0 spiro atoms. The van der Waals surface area contributed by atoms with E-state index in [-0.39, 0.29) is 12.6 Å². The third-order valence-corrected chi connectivity index (χ3v) is 1.70. The van der Waals surface area contributed by atoms with Crippen LogP contribution in [0.3, 0.4) is 0 Å². The SMILES string of the molecule is CC(N)CN(C(=O)OC(C)(C)C)C(=O)OC(C)(C)C. The molecule has 0 fully saturated rings. The van der Waals surface area contributed by atoms with Gasteiger partial charge in [-0.15, -0.1) is 0 Å². The molecular weight excluding hydrogens is 248 g/mol. The number of hydrogen-bond donors (Lipinski definition) is 1. The molecule has 0 aliphatic rings. The van der Waals surface area contributed by atoms with Gasteiger partial charge in [0.15, 0.2) is 0 Å². The lowest BCUT2D eigenvalue weighted by Crippen LogP contribution is -2.47. The van der Waals surface area contributed by atoms with Crippen LogP contribution in [0.2, 0.25) is 0 Å². The van der Waals surface area contributed by atoms with Crippen molar-refractivity contribution in [3.05, 3.63) is 0 Å². The summed E-state index contributed by atoms with van der Waals surface area (Å²) in [5.74, 6) is 0. The van der Waals surface area contributed by atoms with Gasteiger partial charge in [-0.3, -0.25) is 0 Å². The van der Waals surface area contributed by atoms with E-state index in [2.05, 4.69) is 0 Å². The van der Waals surface area contributed by atoms with Gasteiger partial charge in [0.25, 0.3) is 0 Å². The molecule has 0 aliphatic carbocycles. The van der Waals surface area contributed by atoms with Gasteiger partial charge >= 0.3 is 12.2 Å². The van der Waals surface area contributed by atoms with Crippen LogP contribution in [0.15, 0.2) is 0 Å². The summed E-state index contributed by atoms with van der Waals surface area (Å²) in [6, 6.07) is -0.361. The van der Waals surface area contributed by atoms with E-state index in [1.165, 1.54) is 0 Å². The van der Waals surface area contributed by atoms with Crippen LogP contribution < -0.4 is 5.73 Å². The smallest absolute Gasteiger partial charge is 0.419 e. The van der Waals surface area contributed by atoms with E-state index in [9.17, 15) is 9.59 Å². The first-order valence-corrected chi connectivity index (χ1v) is 6.31. The van der Waals surface area contributed by atoms with Gasteiger partial charge in [-0.05, 0) is 48.5 Å². The van der Waals surface area contributed by atoms with Gasteiger partial charge in [0, 0.05) is 6.04 Å². The van der Waals surface area contributed by atoms with Crippen molar-refractivity contribution in [2.45, 2.75) is 65.7 Å². The number of nitrogens with zero attached hydrogens (tertiary/aromatic N) is 1. The van der Waals surface area contributed by atoms with E-state index in [0.29, 0.717) is 0 Å². The number of carbonyl (C=O) groups is 2. The zero-order chi connectivity index (χ0) is 15.4. The van der Waals surface area contributed by atoms with Gasteiger partial charge in [-0.25, -0.2) is 14.5 Å². The van der Waals surface area contributed by atoms with Gasteiger partial charge in [-0.2, -0.15) is 0 Å². The highest BCUT2D eigenvalue weighted by atomic mass is 16.6. The number of imide groups is 1. The summed E-state index contributed by atoms with van der Waals surface area (Å²) < 4.78 is 10.3. The van der Waals surface area contributed by atoms with E-state index in [1.807, 2.05) is 0 Å². The van der Waals surface area contributed by atoms with E-state index < -0.39 is 23.4 Å². The lowest BCUT2D eigenvalue weighted by Gasteiger charge is -2.29. The number of rotatable bonds is 2. The number of amides is 2. The zero-order valence-corrected chi connectivity index (χ0v) is 12.9. The van der Waals surface area contributed by atoms with Crippen LogP contribution >= 0.6 is 0 Å². The monoisotopic (exact) mass is 274 g/mol. The van der Waals surface area contributed by atoms with E-state index in [0.717, 1.165) is 4.90 Å². The van der Waals surface area contributed by atoms with Gasteiger partial charge < -0.3 is 15.2 Å². The quantitative estimate of drug-likeness (QED) is 0.836. The summed E-state index contributed by atoms with van der Waals surface area (Å²) in [7, 11) is 0. The highest BCUT2D eigenvalue weighted by Crippen LogP contribution is 2.14. The Morgan fingerprint density at radius 1 is 1.00 bits per heavy atom. The summed E-state index contributed by atoms with van der Waals surface area (Å²) in [5.41, 5.74) is 4.27. The van der Waals surface area contributed by atoms with E-state index in [4.69, 9.17) is 15.2 Å². The first kappa shape index (κ1) is 17.7. The average molecular weight is 274 g/mol. The maximum Gasteiger partial charge on any atom is 0.419 e. The molecule has 0 rings (SSSR count). The highest BCUT2D eigenvalue weighted by molar-refractivity contribution is 5.88. The number of nitrogens with two attached hydrogens (primary N) is 1. The summed E-state index contributed by atoms with van der Waals surface area (Å²) >= 11 is 0. The predicted molar refractivity (Wildman–Crippen MR) is 72.8 cm³/mol. The lowest BCUT2D eigenvalue weighted by atomic mass is 10.2. The van der Waals surface area contributed by atoms with Crippen molar-refractivity contribution in [2.75, 3.05) is 6.54 Å². The first-order chi connectivity index (χ1) is 8.32. The van der Waals surface area contributed by atoms with Crippen LogP contribution in [0.4, 0.5) is 9.59 Å². The molecule has 112 valence electrons. The molecule has 0 aliphatic heterocycles. The third-order valence-electron chi connectivity index (χ3n) is 1.70. The van der Waals surface area contributed by atoms with Gasteiger partial charge in [-0.1, -0.05) is 0 Å². The number of ether oxygens (including phenoxy) is 2. The Morgan fingerprint density at radius 2 is 1.32 bits per heavy atom. The molecule has 2 N–H and O–H groups in total. The maximum absolute atomic E-state index is 12.0. The second kappa shape index (κ2) is 6.23. The third kappa shape index (κ3) is 8.42. The molecule has 0 bridgehead atoms. The van der Waals surface area contributed by atoms with Crippen molar-refractivity contribution in [2.24, 2.45) is 5.73 Å². The summed E-state index contributed by atoms with van der Waals surface area (Å²) in [4.78, 5) is 24.8. The van der Waals surface area contributed by atoms with Crippen LogP contribution in [-0.4, -0.2) is 40.9 Å². The molecule has 0 aromatic rings. The predicted octanol–water partition coefficient (Wildman–Crippen LogP) is 2.51. The molecule has 0 saturated carbocycles. The first-order valence-electron chi connectivity index (χ1n) is 6.31. The fourth-order valence-electron chi connectivity index (χ4n) is 1.15. The summed E-state index contributed by atoms with van der Waals surface area (Å²) in [6.45, 7) is 12.1. The summed E-state index contributed by atoms with van der Waals surface area (Å²) in [5, 5.41) is 0. The van der Waals surface area contributed by atoms with Crippen LogP contribution in [0.1, 0.15) is 48.5 Å². The van der Waals surface area contributed by atoms with Crippen molar-refractivity contribution < 1.29 is 19.1 Å². The van der Waals surface area contributed by atoms with Crippen LogP contribution in [0.5, 0.6) is 0 Å². The van der Waals surface area contributed by atoms with Crippen LogP contribution in [0.25, 0.3) is 0 Å². The standard InChI is InChI=1S/C13H26N2O4/c1-9(14)8-15(10(16)18-12(2,3)4)11(17)19-13(5,6)7/h9H,8,14H2,1-7H3. The highest BCUT2D eigenvalue weighted by Gasteiger charge is 2.31. The Morgan fingerprint density at radius 3 is 1.53 bits per heavy atom. The Labute approximate surface area is 115 Å². The molecule has 6 nitrogen and oxygen atoms in total. The van der Waals surface area contributed by atoms with Gasteiger partial charge in [0.1, 0.15) is 11.2 Å². The van der Waals surface area contributed by atoms with Crippen molar-refractivity contribution in [3.63, 3.8) is 0 Å². The van der Waals surface area contributed by atoms with Crippen molar-refractivity contribution in [1.29, 1.82) is 0 Å². The maximum atomic E-state index is 12.0.